The van der Waals surface area contributed by atoms with Crippen LogP contribution in [-0.4, -0.2) is 26.5 Å². The van der Waals surface area contributed by atoms with Crippen molar-refractivity contribution in [3.63, 3.8) is 0 Å². The summed E-state index contributed by atoms with van der Waals surface area (Å²) in [6.07, 6.45) is 0. The molecule has 31 heavy (non-hydrogen) atoms. The summed E-state index contributed by atoms with van der Waals surface area (Å²) in [5.41, 5.74) is 3.19. The molecule has 2 aromatic carbocycles. The maximum atomic E-state index is 5.85. The van der Waals surface area contributed by atoms with Gasteiger partial charge in [0, 0.05) is 23.7 Å². The maximum absolute atomic E-state index is 5.85. The second kappa shape index (κ2) is 8.60. The molecule has 2 aromatic heterocycles. The van der Waals surface area contributed by atoms with Gasteiger partial charge in [0.15, 0.2) is 22.5 Å². The number of fused-ring (bicyclic) bond motifs is 1. The number of aromatic nitrogens is 4. The first-order valence-corrected chi connectivity index (χ1v) is 11.6. The van der Waals surface area contributed by atoms with Gasteiger partial charge in [-0.15, -0.1) is 21.5 Å². The SMILES string of the molecule is Cc1cccc(OCc2nnc(SCc3csc(-c4ccc5c(c4)OCO5)n3)n2C)c1. The summed E-state index contributed by atoms with van der Waals surface area (Å²) < 4.78 is 18.7. The van der Waals surface area contributed by atoms with Crippen molar-refractivity contribution in [1.82, 2.24) is 19.7 Å². The van der Waals surface area contributed by atoms with Gasteiger partial charge in [-0.05, 0) is 42.8 Å². The summed E-state index contributed by atoms with van der Waals surface area (Å²) >= 11 is 3.22. The highest BCUT2D eigenvalue weighted by Crippen LogP contribution is 2.37. The highest BCUT2D eigenvalue weighted by atomic mass is 32.2. The number of nitrogens with zero attached hydrogens (tertiary/aromatic N) is 4. The molecule has 7 nitrogen and oxygen atoms in total. The molecule has 5 rings (SSSR count). The van der Waals surface area contributed by atoms with Gasteiger partial charge in [-0.3, -0.25) is 0 Å². The maximum Gasteiger partial charge on any atom is 0.231 e. The quantitative estimate of drug-likeness (QED) is 0.371. The zero-order valence-corrected chi connectivity index (χ0v) is 18.7. The first-order chi connectivity index (χ1) is 15.2. The van der Waals surface area contributed by atoms with Gasteiger partial charge in [-0.25, -0.2) is 4.98 Å². The van der Waals surface area contributed by atoms with Gasteiger partial charge in [-0.2, -0.15) is 0 Å². The standard InChI is InChI=1S/C22H20N4O3S2/c1-14-4-3-5-17(8-14)27-10-20-24-25-22(26(20)2)31-12-16-11-30-21(23-16)15-6-7-18-19(9-15)29-13-28-18/h3-9,11H,10,12-13H2,1-2H3. The molecule has 1 aliphatic heterocycles. The number of thioether (sulfide) groups is 1. The van der Waals surface area contributed by atoms with Gasteiger partial charge in [0.2, 0.25) is 6.79 Å². The van der Waals surface area contributed by atoms with Crippen molar-refractivity contribution >= 4 is 23.1 Å². The van der Waals surface area contributed by atoms with Crippen LogP contribution in [0.1, 0.15) is 17.1 Å². The van der Waals surface area contributed by atoms with E-state index in [-0.39, 0.29) is 6.79 Å². The van der Waals surface area contributed by atoms with Gasteiger partial charge in [0.05, 0.1) is 5.69 Å². The number of ether oxygens (including phenoxy) is 3. The van der Waals surface area contributed by atoms with E-state index in [2.05, 4.69) is 15.6 Å². The molecule has 3 heterocycles. The predicted molar refractivity (Wildman–Crippen MR) is 120 cm³/mol. The summed E-state index contributed by atoms with van der Waals surface area (Å²) in [5, 5.41) is 12.4. The monoisotopic (exact) mass is 452 g/mol. The van der Waals surface area contributed by atoms with E-state index in [4.69, 9.17) is 19.2 Å². The predicted octanol–water partition coefficient (Wildman–Crippen LogP) is 4.85. The van der Waals surface area contributed by atoms with Crippen LogP contribution in [-0.2, 0) is 19.4 Å². The summed E-state index contributed by atoms with van der Waals surface area (Å²) in [7, 11) is 1.95. The van der Waals surface area contributed by atoms with Crippen LogP contribution in [0.4, 0.5) is 0 Å². The van der Waals surface area contributed by atoms with Crippen LogP contribution in [0.2, 0.25) is 0 Å². The minimum Gasteiger partial charge on any atom is -0.486 e. The third-order valence-corrected chi connectivity index (χ3v) is 6.80. The Bertz CT molecular complexity index is 1220. The van der Waals surface area contributed by atoms with Crippen LogP contribution >= 0.6 is 23.1 Å². The van der Waals surface area contributed by atoms with E-state index in [0.717, 1.165) is 50.1 Å². The fourth-order valence-corrected chi connectivity index (χ4v) is 4.87. The first kappa shape index (κ1) is 19.9. The Morgan fingerprint density at radius 2 is 2.03 bits per heavy atom. The molecule has 0 unspecified atom stereocenters. The van der Waals surface area contributed by atoms with Crippen LogP contribution in [0, 0.1) is 6.92 Å². The van der Waals surface area contributed by atoms with E-state index >= 15 is 0 Å². The molecular weight excluding hydrogens is 432 g/mol. The van der Waals surface area contributed by atoms with Gasteiger partial charge in [0.25, 0.3) is 0 Å². The second-order valence-electron chi connectivity index (χ2n) is 7.06. The molecule has 0 amide bonds. The molecule has 0 N–H and O–H groups in total. The van der Waals surface area contributed by atoms with E-state index in [1.807, 2.05) is 61.0 Å². The molecule has 0 atom stereocenters. The van der Waals surface area contributed by atoms with Crippen molar-refractivity contribution in [3.8, 4) is 27.8 Å². The number of aryl methyl sites for hydroxylation is 1. The largest absolute Gasteiger partial charge is 0.486 e. The molecule has 158 valence electrons. The van der Waals surface area contributed by atoms with Gasteiger partial charge < -0.3 is 18.8 Å². The Balaban J connectivity index is 1.21. The third kappa shape index (κ3) is 4.38. The van der Waals surface area contributed by atoms with Gasteiger partial charge >= 0.3 is 0 Å². The van der Waals surface area contributed by atoms with Crippen LogP contribution in [0.5, 0.6) is 17.2 Å². The molecule has 0 aliphatic carbocycles. The molecule has 1 aliphatic rings. The molecule has 0 radical (unpaired) electrons. The Morgan fingerprint density at radius 3 is 2.94 bits per heavy atom. The van der Waals surface area contributed by atoms with Crippen molar-refractivity contribution in [1.29, 1.82) is 0 Å². The van der Waals surface area contributed by atoms with E-state index < -0.39 is 0 Å². The average molecular weight is 453 g/mol. The zero-order valence-electron chi connectivity index (χ0n) is 17.1. The lowest BCUT2D eigenvalue weighted by Gasteiger charge is -2.07. The van der Waals surface area contributed by atoms with Crippen molar-refractivity contribution in [3.05, 3.63) is 64.9 Å². The fraction of sp³-hybridized carbons (Fsp3) is 0.227. The lowest BCUT2D eigenvalue weighted by molar-refractivity contribution is 0.174. The lowest BCUT2D eigenvalue weighted by Crippen LogP contribution is -2.04. The van der Waals surface area contributed by atoms with Crippen molar-refractivity contribution in [2.24, 2.45) is 7.05 Å². The normalized spacial score (nSPS) is 12.3. The highest BCUT2D eigenvalue weighted by molar-refractivity contribution is 7.98. The Morgan fingerprint density at radius 1 is 1.13 bits per heavy atom. The molecule has 0 saturated carbocycles. The van der Waals surface area contributed by atoms with Crippen molar-refractivity contribution < 1.29 is 14.2 Å². The number of thiazole rings is 1. The number of rotatable bonds is 7. The Labute approximate surface area is 188 Å². The minimum absolute atomic E-state index is 0.272. The molecule has 0 fully saturated rings. The topological polar surface area (TPSA) is 71.3 Å². The van der Waals surface area contributed by atoms with Gasteiger partial charge in [0.1, 0.15) is 17.4 Å². The molecule has 4 aromatic rings. The molecular formula is C22H20N4O3S2. The number of benzene rings is 2. The van der Waals surface area contributed by atoms with Crippen LogP contribution in [0.15, 0.2) is 53.0 Å². The van der Waals surface area contributed by atoms with E-state index in [0.29, 0.717) is 12.4 Å². The van der Waals surface area contributed by atoms with E-state index in [9.17, 15) is 0 Å². The average Bonchev–Trinajstić information content (AvgIpc) is 3.51. The first-order valence-electron chi connectivity index (χ1n) is 9.71. The summed E-state index contributed by atoms with van der Waals surface area (Å²) in [4.78, 5) is 4.76. The van der Waals surface area contributed by atoms with Crippen molar-refractivity contribution in [2.45, 2.75) is 24.4 Å². The summed E-state index contributed by atoms with van der Waals surface area (Å²) in [5.74, 6) is 3.87. The van der Waals surface area contributed by atoms with E-state index in [1.165, 1.54) is 0 Å². The van der Waals surface area contributed by atoms with Crippen LogP contribution in [0.3, 0.4) is 0 Å². The van der Waals surface area contributed by atoms with Crippen LogP contribution in [0.25, 0.3) is 10.6 Å². The third-order valence-electron chi connectivity index (χ3n) is 4.80. The number of hydrogen-bond donors (Lipinski definition) is 0. The molecule has 9 heteroatoms. The fourth-order valence-electron chi connectivity index (χ4n) is 3.12. The highest BCUT2D eigenvalue weighted by Gasteiger charge is 2.16. The molecule has 0 spiro atoms. The van der Waals surface area contributed by atoms with Gasteiger partial charge in [-0.1, -0.05) is 23.9 Å². The zero-order chi connectivity index (χ0) is 21.2. The Hall–Kier alpha value is -3.04. The van der Waals surface area contributed by atoms with Crippen LogP contribution < -0.4 is 14.2 Å². The molecule has 0 bridgehead atoms. The lowest BCUT2D eigenvalue weighted by atomic mass is 10.2. The second-order valence-corrected chi connectivity index (χ2v) is 8.86. The van der Waals surface area contributed by atoms with E-state index in [1.54, 1.807) is 23.1 Å². The number of hydrogen-bond acceptors (Lipinski definition) is 8. The van der Waals surface area contributed by atoms with Crippen molar-refractivity contribution in [2.75, 3.05) is 6.79 Å². The molecule has 0 saturated heterocycles. The Kier molecular flexibility index (Phi) is 5.52. The summed E-state index contributed by atoms with van der Waals surface area (Å²) in [6.45, 7) is 2.69. The smallest absolute Gasteiger partial charge is 0.231 e. The minimum atomic E-state index is 0.272. The summed E-state index contributed by atoms with van der Waals surface area (Å²) in [6, 6.07) is 13.9.